The second-order valence-electron chi connectivity index (χ2n) is 5.56. The molecule has 1 amide bonds. The lowest BCUT2D eigenvalue weighted by Crippen LogP contribution is -2.45. The molecule has 0 spiro atoms. The molecule has 1 heterocycles. The monoisotopic (exact) mass is 314 g/mol. The second kappa shape index (κ2) is 6.33. The van der Waals surface area contributed by atoms with Crippen molar-refractivity contribution in [1.82, 2.24) is 4.90 Å². The van der Waals surface area contributed by atoms with E-state index in [0.717, 1.165) is 18.4 Å². The Morgan fingerprint density at radius 2 is 2.05 bits per heavy atom. The van der Waals surface area contributed by atoms with Gasteiger partial charge in [-0.05, 0) is 44.4 Å². The van der Waals surface area contributed by atoms with Crippen LogP contribution in [0.15, 0.2) is 18.2 Å². The van der Waals surface area contributed by atoms with Crippen LogP contribution in [0.5, 0.6) is 0 Å². The third-order valence-corrected chi connectivity index (χ3v) is 4.32. The third kappa shape index (κ3) is 3.11. The predicted octanol–water partition coefficient (Wildman–Crippen LogP) is 3.78. The number of carbonyl (C=O) groups excluding carboxylic acids is 1. The molecule has 1 aliphatic rings. The zero-order chi connectivity index (χ0) is 14.9. The number of hydrogen-bond donors (Lipinski definition) is 1. The Labute approximate surface area is 130 Å². The van der Waals surface area contributed by atoms with Crippen LogP contribution >= 0.6 is 23.2 Å². The molecule has 1 aliphatic heterocycles. The topological polar surface area (TPSA) is 46.3 Å². The van der Waals surface area contributed by atoms with Crippen molar-refractivity contribution in [1.29, 1.82) is 0 Å². The lowest BCUT2D eigenvalue weighted by Gasteiger charge is -2.37. The van der Waals surface area contributed by atoms with Gasteiger partial charge in [0.2, 0.25) is 5.91 Å². The molecule has 20 heavy (non-hydrogen) atoms. The van der Waals surface area contributed by atoms with Gasteiger partial charge in [0.1, 0.15) is 0 Å². The maximum absolute atomic E-state index is 12.4. The highest BCUT2D eigenvalue weighted by atomic mass is 35.5. The van der Waals surface area contributed by atoms with Gasteiger partial charge in [-0.3, -0.25) is 4.79 Å². The van der Waals surface area contributed by atoms with Crippen LogP contribution in [-0.2, 0) is 4.79 Å². The van der Waals surface area contributed by atoms with E-state index in [2.05, 4.69) is 0 Å². The first-order valence-corrected chi connectivity index (χ1v) is 7.69. The smallest absolute Gasteiger partial charge is 0.223 e. The Hall–Kier alpha value is -0.770. The van der Waals surface area contributed by atoms with Gasteiger partial charge >= 0.3 is 0 Å². The van der Waals surface area contributed by atoms with E-state index in [-0.39, 0.29) is 24.0 Å². The molecule has 1 fully saturated rings. The molecular formula is C15H20Cl2N2O. The van der Waals surface area contributed by atoms with E-state index in [1.54, 1.807) is 12.1 Å². The van der Waals surface area contributed by atoms with Crippen molar-refractivity contribution in [3.8, 4) is 0 Å². The lowest BCUT2D eigenvalue weighted by atomic mass is 9.95. The van der Waals surface area contributed by atoms with Crippen LogP contribution in [0.3, 0.4) is 0 Å². The molecule has 5 heteroatoms. The molecule has 2 unspecified atom stereocenters. The van der Waals surface area contributed by atoms with Crippen molar-refractivity contribution in [2.75, 3.05) is 0 Å². The average molecular weight is 315 g/mol. The minimum absolute atomic E-state index is 0.0865. The van der Waals surface area contributed by atoms with Gasteiger partial charge in [0.25, 0.3) is 0 Å². The first-order valence-electron chi connectivity index (χ1n) is 6.93. The number of rotatable bonds is 2. The van der Waals surface area contributed by atoms with Crippen LogP contribution in [0.25, 0.3) is 0 Å². The largest absolute Gasteiger partial charge is 0.332 e. The third-order valence-electron chi connectivity index (χ3n) is 3.76. The average Bonchev–Trinajstić information content (AvgIpc) is 2.49. The zero-order valence-corrected chi connectivity index (χ0v) is 13.3. The Balaban J connectivity index is 2.48. The molecule has 1 aromatic rings. The number of benzene rings is 1. The van der Waals surface area contributed by atoms with Gasteiger partial charge in [-0.2, -0.15) is 0 Å². The summed E-state index contributed by atoms with van der Waals surface area (Å²) < 4.78 is 0. The standard InChI is InChI=1S/C15H20Cl2N2O/c1-9(2)19-14(20)5-3-4-13(18)15(19)11-7-6-10(16)8-12(11)17/h6-9,13,15H,3-5,18H2,1-2H3. The van der Waals surface area contributed by atoms with Crippen molar-refractivity contribution in [2.45, 2.75) is 51.2 Å². The van der Waals surface area contributed by atoms with Crippen LogP contribution in [-0.4, -0.2) is 22.9 Å². The summed E-state index contributed by atoms with van der Waals surface area (Å²) in [6.45, 7) is 4.01. The highest BCUT2D eigenvalue weighted by Crippen LogP contribution is 2.36. The Morgan fingerprint density at radius 1 is 1.35 bits per heavy atom. The molecule has 3 nitrogen and oxygen atoms in total. The summed E-state index contributed by atoms with van der Waals surface area (Å²) in [6, 6.07) is 5.17. The molecule has 2 atom stereocenters. The number of nitrogens with zero attached hydrogens (tertiary/aromatic N) is 1. The zero-order valence-electron chi connectivity index (χ0n) is 11.8. The summed E-state index contributed by atoms with van der Waals surface area (Å²) in [7, 11) is 0. The highest BCUT2D eigenvalue weighted by molar-refractivity contribution is 6.35. The van der Waals surface area contributed by atoms with E-state index < -0.39 is 0 Å². The van der Waals surface area contributed by atoms with E-state index in [1.807, 2.05) is 24.8 Å². The van der Waals surface area contributed by atoms with E-state index in [4.69, 9.17) is 28.9 Å². The van der Waals surface area contributed by atoms with Crippen molar-refractivity contribution >= 4 is 29.1 Å². The van der Waals surface area contributed by atoms with Gasteiger partial charge in [0.15, 0.2) is 0 Å². The molecule has 0 aliphatic carbocycles. The quantitative estimate of drug-likeness (QED) is 0.903. The molecule has 2 rings (SSSR count). The normalized spacial score (nSPS) is 24.1. The van der Waals surface area contributed by atoms with Crippen molar-refractivity contribution in [3.05, 3.63) is 33.8 Å². The second-order valence-corrected chi connectivity index (χ2v) is 6.41. The molecule has 0 bridgehead atoms. The number of nitrogens with two attached hydrogens (primary N) is 1. The molecule has 0 saturated carbocycles. The fourth-order valence-electron chi connectivity index (χ4n) is 2.87. The van der Waals surface area contributed by atoms with Crippen LogP contribution in [0, 0.1) is 0 Å². The number of hydrogen-bond acceptors (Lipinski definition) is 2. The van der Waals surface area contributed by atoms with Crippen molar-refractivity contribution < 1.29 is 4.79 Å². The number of halogens is 2. The van der Waals surface area contributed by atoms with Gasteiger partial charge in [0.05, 0.1) is 6.04 Å². The summed E-state index contributed by atoms with van der Waals surface area (Å²) in [5, 5.41) is 1.15. The molecule has 1 saturated heterocycles. The van der Waals surface area contributed by atoms with Crippen molar-refractivity contribution in [2.24, 2.45) is 5.73 Å². The van der Waals surface area contributed by atoms with Gasteiger partial charge in [0, 0.05) is 28.5 Å². The number of likely N-dealkylation sites (tertiary alicyclic amines) is 1. The van der Waals surface area contributed by atoms with Crippen LogP contribution in [0.1, 0.15) is 44.7 Å². The van der Waals surface area contributed by atoms with Crippen LogP contribution < -0.4 is 5.73 Å². The molecule has 0 aromatic heterocycles. The highest BCUT2D eigenvalue weighted by Gasteiger charge is 2.35. The lowest BCUT2D eigenvalue weighted by molar-refractivity contribution is -0.135. The molecule has 2 N–H and O–H groups in total. The summed E-state index contributed by atoms with van der Waals surface area (Å²) in [5.41, 5.74) is 7.20. The van der Waals surface area contributed by atoms with E-state index in [0.29, 0.717) is 16.5 Å². The van der Waals surface area contributed by atoms with E-state index in [9.17, 15) is 4.79 Å². The number of amides is 1. The maximum Gasteiger partial charge on any atom is 0.223 e. The molecule has 110 valence electrons. The van der Waals surface area contributed by atoms with Gasteiger partial charge in [-0.15, -0.1) is 0 Å². The van der Waals surface area contributed by atoms with E-state index >= 15 is 0 Å². The maximum atomic E-state index is 12.4. The van der Waals surface area contributed by atoms with Gasteiger partial charge in [-0.25, -0.2) is 0 Å². The van der Waals surface area contributed by atoms with E-state index in [1.165, 1.54) is 0 Å². The van der Waals surface area contributed by atoms with Gasteiger partial charge in [-0.1, -0.05) is 29.3 Å². The number of carbonyl (C=O) groups is 1. The Kier molecular flexibility index (Phi) is 4.95. The molecule has 1 aromatic carbocycles. The summed E-state index contributed by atoms with van der Waals surface area (Å²) in [5.74, 6) is 0.143. The minimum atomic E-state index is -0.185. The predicted molar refractivity (Wildman–Crippen MR) is 83.0 cm³/mol. The Morgan fingerprint density at radius 3 is 2.65 bits per heavy atom. The summed E-state index contributed by atoms with van der Waals surface area (Å²) in [4.78, 5) is 14.2. The Bertz CT molecular complexity index is 505. The van der Waals surface area contributed by atoms with Crippen molar-refractivity contribution in [3.63, 3.8) is 0 Å². The molecular weight excluding hydrogens is 295 g/mol. The van der Waals surface area contributed by atoms with Gasteiger partial charge < -0.3 is 10.6 Å². The first-order chi connectivity index (χ1) is 9.41. The van der Waals surface area contributed by atoms with Crippen LogP contribution in [0.2, 0.25) is 10.0 Å². The SMILES string of the molecule is CC(C)N1C(=O)CCCC(N)C1c1ccc(Cl)cc1Cl. The fraction of sp³-hybridized carbons (Fsp3) is 0.533. The summed E-state index contributed by atoms with van der Waals surface area (Å²) in [6.07, 6.45) is 2.19. The first kappa shape index (κ1) is 15.6. The fourth-order valence-corrected chi connectivity index (χ4v) is 3.39. The molecule has 0 radical (unpaired) electrons. The van der Waals surface area contributed by atoms with Crippen LogP contribution in [0.4, 0.5) is 0 Å². The summed E-state index contributed by atoms with van der Waals surface area (Å²) >= 11 is 12.3. The minimum Gasteiger partial charge on any atom is -0.332 e.